The van der Waals surface area contributed by atoms with Gasteiger partial charge in [-0.25, -0.2) is 9.37 Å². The second-order valence-corrected chi connectivity index (χ2v) is 10.3. The second-order valence-electron chi connectivity index (χ2n) is 8.70. The normalized spacial score (nSPS) is 14.2. The van der Waals surface area contributed by atoms with Crippen LogP contribution < -0.4 is 15.5 Å². The molecule has 2 aromatic carbocycles. The summed E-state index contributed by atoms with van der Waals surface area (Å²) in [7, 11) is 3.82. The van der Waals surface area contributed by atoms with Gasteiger partial charge >= 0.3 is 0 Å². The van der Waals surface area contributed by atoms with Crippen LogP contribution in [0.1, 0.15) is 22.3 Å². The van der Waals surface area contributed by atoms with Crippen molar-refractivity contribution in [3.8, 4) is 0 Å². The molecular formula is C27H25FN6OS2. The van der Waals surface area contributed by atoms with Gasteiger partial charge in [-0.2, -0.15) is 0 Å². The summed E-state index contributed by atoms with van der Waals surface area (Å²) in [5, 5.41) is 5.81. The van der Waals surface area contributed by atoms with Gasteiger partial charge in [0.05, 0.1) is 33.6 Å². The van der Waals surface area contributed by atoms with E-state index in [0.717, 1.165) is 34.1 Å². The lowest BCUT2D eigenvalue weighted by atomic mass is 10.1. The van der Waals surface area contributed by atoms with Crippen LogP contribution in [0.2, 0.25) is 0 Å². The number of aryl methyl sites for hydroxylation is 1. The molecule has 10 heteroatoms. The predicted octanol–water partition coefficient (Wildman–Crippen LogP) is 5.17. The van der Waals surface area contributed by atoms with Crippen LogP contribution >= 0.6 is 24.0 Å². The predicted molar refractivity (Wildman–Crippen MR) is 149 cm³/mol. The summed E-state index contributed by atoms with van der Waals surface area (Å²) >= 11 is 6.95. The summed E-state index contributed by atoms with van der Waals surface area (Å²) in [6.45, 7) is 0. The monoisotopic (exact) mass is 532 g/mol. The maximum absolute atomic E-state index is 15.2. The molecule has 0 spiro atoms. The van der Waals surface area contributed by atoms with Gasteiger partial charge < -0.3 is 20.1 Å². The number of anilines is 3. The van der Waals surface area contributed by atoms with Crippen molar-refractivity contribution in [1.82, 2.24) is 19.9 Å². The van der Waals surface area contributed by atoms with Crippen LogP contribution in [0, 0.1) is 5.82 Å². The van der Waals surface area contributed by atoms with Crippen LogP contribution in [0.15, 0.2) is 78.1 Å². The summed E-state index contributed by atoms with van der Waals surface area (Å²) in [5.74, 6) is 0.332. The first-order chi connectivity index (χ1) is 17.9. The number of rotatable bonds is 6. The average Bonchev–Trinajstić information content (AvgIpc) is 3.49. The van der Waals surface area contributed by atoms with Crippen LogP contribution in [-0.4, -0.2) is 32.6 Å². The number of thiocarbonyl (C=S) groups is 1. The van der Waals surface area contributed by atoms with Crippen LogP contribution in [-0.2, 0) is 24.7 Å². The first-order valence-corrected chi connectivity index (χ1v) is 13.0. The molecule has 3 heterocycles. The van der Waals surface area contributed by atoms with E-state index in [1.54, 1.807) is 36.3 Å². The van der Waals surface area contributed by atoms with Gasteiger partial charge in [-0.05, 0) is 42.0 Å². The van der Waals surface area contributed by atoms with Crippen molar-refractivity contribution in [3.63, 3.8) is 0 Å². The molecule has 0 bridgehead atoms. The van der Waals surface area contributed by atoms with E-state index in [0.29, 0.717) is 11.4 Å². The largest absolute Gasteiger partial charge is 0.341 e. The second kappa shape index (κ2) is 10.7. The number of nitrogens with zero attached hydrogens (tertiary/aromatic N) is 4. The maximum atomic E-state index is 15.2. The molecule has 0 fully saturated rings. The molecule has 1 atom stereocenters. The Bertz CT molecular complexity index is 1460. The molecule has 2 aromatic heterocycles. The Balaban J connectivity index is 1.26. The van der Waals surface area contributed by atoms with Crippen LogP contribution in [0.4, 0.5) is 21.5 Å². The molecular weight excluding hydrogens is 507 g/mol. The number of carbonyl (C=O) groups is 1. The highest BCUT2D eigenvalue weighted by molar-refractivity contribution is 8.00. The highest BCUT2D eigenvalue weighted by Gasteiger charge is 2.31. The van der Waals surface area contributed by atoms with Crippen molar-refractivity contribution in [2.75, 3.05) is 17.3 Å². The van der Waals surface area contributed by atoms with Gasteiger partial charge in [-0.1, -0.05) is 30.3 Å². The van der Waals surface area contributed by atoms with E-state index in [1.165, 1.54) is 6.07 Å². The Hall–Kier alpha value is -3.76. The van der Waals surface area contributed by atoms with Crippen molar-refractivity contribution in [3.05, 3.63) is 96.1 Å². The number of thioether (sulfide) groups is 1. The van der Waals surface area contributed by atoms with E-state index in [9.17, 15) is 4.79 Å². The van der Waals surface area contributed by atoms with Crippen molar-refractivity contribution in [1.29, 1.82) is 0 Å². The number of benzene rings is 2. The molecule has 2 N–H and O–H groups in total. The minimum Gasteiger partial charge on any atom is -0.341 e. The van der Waals surface area contributed by atoms with E-state index >= 15 is 4.39 Å². The lowest BCUT2D eigenvalue weighted by Gasteiger charge is -2.23. The van der Waals surface area contributed by atoms with Crippen molar-refractivity contribution < 1.29 is 9.18 Å². The minimum absolute atomic E-state index is 0.116. The molecule has 37 heavy (non-hydrogen) atoms. The number of hydrogen-bond donors (Lipinski definition) is 2. The molecule has 5 rings (SSSR count). The third-order valence-corrected chi connectivity index (χ3v) is 7.68. The summed E-state index contributed by atoms with van der Waals surface area (Å²) in [4.78, 5) is 24.2. The number of pyridine rings is 1. The van der Waals surface area contributed by atoms with E-state index in [1.807, 2.05) is 66.2 Å². The lowest BCUT2D eigenvalue weighted by molar-refractivity contribution is -0.119. The molecule has 4 aromatic rings. The fraction of sp³-hybridized carbons (Fsp3) is 0.185. The summed E-state index contributed by atoms with van der Waals surface area (Å²) in [6, 6.07) is 16.1. The number of fused-ring (bicyclic) bond motifs is 1. The number of hydrogen-bond acceptors (Lipinski definition) is 6. The minimum atomic E-state index is -0.417. The number of amides is 1. The van der Waals surface area contributed by atoms with Crippen molar-refractivity contribution in [2.45, 2.75) is 23.0 Å². The summed E-state index contributed by atoms with van der Waals surface area (Å²) < 4.78 is 17.3. The van der Waals surface area contributed by atoms with Gasteiger partial charge in [0.25, 0.3) is 0 Å². The Morgan fingerprint density at radius 1 is 1.16 bits per heavy atom. The third-order valence-electron chi connectivity index (χ3n) is 6.13. The first kappa shape index (κ1) is 24.9. The highest BCUT2D eigenvalue weighted by atomic mass is 32.2. The Morgan fingerprint density at radius 2 is 1.97 bits per heavy atom. The van der Waals surface area contributed by atoms with Crippen LogP contribution in [0.3, 0.4) is 0 Å². The van der Waals surface area contributed by atoms with E-state index < -0.39 is 5.82 Å². The molecule has 1 aliphatic heterocycles. The lowest BCUT2D eigenvalue weighted by Crippen LogP contribution is -2.35. The standard InChI is InChI=1S/C27H25FN6OS2/c1-33-13-12-30-26(33)23-16-20-25(37-23)22(10-11-29-20)34(2)21-9-8-18(15-19(21)28)31-27(36)32-24(35)14-17-6-4-3-5-7-17/h3-13,15,23H,14,16H2,1-2H3,(H2,31,32,35,36). The highest BCUT2D eigenvalue weighted by Crippen LogP contribution is 2.50. The Morgan fingerprint density at radius 3 is 2.70 bits per heavy atom. The van der Waals surface area contributed by atoms with Gasteiger partial charge in [0.1, 0.15) is 11.6 Å². The Kier molecular flexibility index (Phi) is 7.20. The number of imidazole rings is 1. The van der Waals surface area contributed by atoms with Gasteiger partial charge in [0.2, 0.25) is 5.91 Å². The zero-order chi connectivity index (χ0) is 25.9. The van der Waals surface area contributed by atoms with Crippen molar-refractivity contribution in [2.24, 2.45) is 7.05 Å². The molecule has 1 aliphatic rings. The van der Waals surface area contributed by atoms with Gasteiger partial charge in [0, 0.05) is 44.8 Å². The summed E-state index contributed by atoms with van der Waals surface area (Å²) in [6.07, 6.45) is 6.47. The third kappa shape index (κ3) is 5.50. The van der Waals surface area contributed by atoms with E-state index in [4.69, 9.17) is 12.2 Å². The number of aromatic nitrogens is 3. The van der Waals surface area contributed by atoms with Gasteiger partial charge in [0.15, 0.2) is 5.11 Å². The van der Waals surface area contributed by atoms with Gasteiger partial charge in [-0.3, -0.25) is 9.78 Å². The molecule has 0 saturated carbocycles. The molecule has 0 aliphatic carbocycles. The van der Waals surface area contributed by atoms with E-state index in [-0.39, 0.29) is 22.7 Å². The van der Waals surface area contributed by atoms with Crippen LogP contribution in [0.25, 0.3) is 0 Å². The molecule has 188 valence electrons. The smallest absolute Gasteiger partial charge is 0.230 e. The number of halogens is 1. The molecule has 1 unspecified atom stereocenters. The van der Waals surface area contributed by atoms with Crippen LogP contribution in [0.5, 0.6) is 0 Å². The quantitative estimate of drug-likeness (QED) is 0.332. The molecule has 0 saturated heterocycles. The average molecular weight is 533 g/mol. The topological polar surface area (TPSA) is 75.1 Å². The number of nitrogens with one attached hydrogen (secondary N) is 2. The SMILES string of the molecule is CN(c1ccc(NC(=S)NC(=O)Cc2ccccc2)cc1F)c1ccnc2c1SC(c1nccn1C)C2. The molecule has 7 nitrogen and oxygen atoms in total. The number of carbonyl (C=O) groups excluding carboxylic acids is 1. The fourth-order valence-electron chi connectivity index (χ4n) is 4.31. The fourth-order valence-corrected chi connectivity index (χ4v) is 6.00. The maximum Gasteiger partial charge on any atom is 0.230 e. The van der Waals surface area contributed by atoms with Crippen molar-refractivity contribution >= 4 is 52.1 Å². The molecule has 0 radical (unpaired) electrons. The first-order valence-electron chi connectivity index (χ1n) is 11.7. The zero-order valence-corrected chi connectivity index (χ0v) is 21.9. The van der Waals surface area contributed by atoms with Gasteiger partial charge in [-0.15, -0.1) is 11.8 Å². The zero-order valence-electron chi connectivity index (χ0n) is 20.3. The molecule has 1 amide bonds. The van der Waals surface area contributed by atoms with E-state index in [2.05, 4.69) is 20.6 Å². The summed E-state index contributed by atoms with van der Waals surface area (Å²) in [5.41, 5.74) is 3.61. The Labute approximate surface area is 224 Å².